The van der Waals surface area contributed by atoms with Crippen LogP contribution in [0.25, 0.3) is 10.9 Å². The highest BCUT2D eigenvalue weighted by Gasteiger charge is 2.13. The fraction of sp³-hybridized carbons (Fsp3) is 0.0625. The van der Waals surface area contributed by atoms with Crippen LogP contribution in [0.4, 0.5) is 0 Å². The Kier molecular flexibility index (Phi) is 3.62. The predicted molar refractivity (Wildman–Crippen MR) is 82.3 cm³/mol. The Hall–Kier alpha value is -1.61. The van der Waals surface area contributed by atoms with Gasteiger partial charge in [-0.05, 0) is 35.9 Å². The van der Waals surface area contributed by atoms with Crippen LogP contribution in [0.2, 0.25) is 10.0 Å². The number of hydrogen-bond acceptors (Lipinski definition) is 2. The summed E-state index contributed by atoms with van der Waals surface area (Å²) in [7, 11) is 0. The summed E-state index contributed by atoms with van der Waals surface area (Å²) in [6.07, 6.45) is 0.866. The van der Waals surface area contributed by atoms with E-state index in [1.165, 1.54) is 0 Å². The second-order valence-electron chi connectivity index (χ2n) is 4.57. The Bertz CT molecular complexity index is 753. The molecular formula is C16H11Cl2NO. The van der Waals surface area contributed by atoms with Crippen LogP contribution < -0.4 is 0 Å². The first-order valence-corrected chi connectivity index (χ1v) is 6.88. The van der Waals surface area contributed by atoms with Crippen molar-refractivity contribution in [3.63, 3.8) is 0 Å². The van der Waals surface area contributed by atoms with Gasteiger partial charge in [0.2, 0.25) is 0 Å². The number of aliphatic hydroxyl groups excluding tert-OH is 1. The Morgan fingerprint density at radius 2 is 1.60 bits per heavy atom. The molecule has 0 radical (unpaired) electrons. The van der Waals surface area contributed by atoms with Crippen LogP contribution in [0, 0.1) is 0 Å². The molecule has 0 spiro atoms. The molecule has 1 N–H and O–H groups in total. The van der Waals surface area contributed by atoms with Crippen LogP contribution in [-0.2, 0) is 0 Å². The number of aromatic nitrogens is 1. The Labute approximate surface area is 126 Å². The van der Waals surface area contributed by atoms with E-state index >= 15 is 0 Å². The zero-order valence-corrected chi connectivity index (χ0v) is 11.9. The maximum atomic E-state index is 10.4. The number of rotatable bonds is 2. The molecule has 0 saturated carbocycles. The van der Waals surface area contributed by atoms with E-state index in [4.69, 9.17) is 23.2 Å². The molecule has 20 heavy (non-hydrogen) atoms. The summed E-state index contributed by atoms with van der Waals surface area (Å²) >= 11 is 11.9. The molecule has 0 fully saturated rings. The Morgan fingerprint density at radius 1 is 0.900 bits per heavy atom. The third-order valence-corrected chi connectivity index (χ3v) is 3.56. The summed E-state index contributed by atoms with van der Waals surface area (Å²) in [6, 6.07) is 14.7. The van der Waals surface area contributed by atoms with Gasteiger partial charge >= 0.3 is 0 Å². The summed E-state index contributed by atoms with van der Waals surface area (Å²) in [5.41, 5.74) is 2.26. The van der Waals surface area contributed by atoms with Gasteiger partial charge in [0.15, 0.2) is 0 Å². The predicted octanol–water partition coefficient (Wildman–Crippen LogP) is 4.62. The average molecular weight is 304 g/mol. The molecule has 0 aliphatic heterocycles. The molecule has 1 atom stereocenters. The summed E-state index contributed by atoms with van der Waals surface area (Å²) in [5, 5.41) is 12.4. The molecule has 3 rings (SSSR count). The van der Waals surface area contributed by atoms with Crippen molar-refractivity contribution in [2.45, 2.75) is 6.10 Å². The standard InChI is InChI=1S/C16H11Cl2NO/c17-13-6-11(7-14(18)8-13)16(20)12-5-10-3-1-2-4-15(10)19-9-12/h1-9,16,20H. The summed E-state index contributed by atoms with van der Waals surface area (Å²) < 4.78 is 0. The van der Waals surface area contributed by atoms with Crippen LogP contribution in [0.3, 0.4) is 0 Å². The number of hydrogen-bond donors (Lipinski definition) is 1. The van der Waals surface area contributed by atoms with Gasteiger partial charge in [0, 0.05) is 27.2 Å². The van der Waals surface area contributed by atoms with Gasteiger partial charge in [-0.25, -0.2) is 0 Å². The molecule has 0 aliphatic carbocycles. The van der Waals surface area contributed by atoms with Gasteiger partial charge in [-0.15, -0.1) is 0 Å². The van der Waals surface area contributed by atoms with E-state index in [9.17, 15) is 5.11 Å². The van der Waals surface area contributed by atoms with Crippen molar-refractivity contribution >= 4 is 34.1 Å². The number of benzene rings is 2. The molecular weight excluding hydrogens is 293 g/mol. The summed E-state index contributed by atoms with van der Waals surface area (Å²) in [4.78, 5) is 4.35. The number of nitrogens with zero attached hydrogens (tertiary/aromatic N) is 1. The van der Waals surface area contributed by atoms with Crippen molar-refractivity contribution in [3.8, 4) is 0 Å². The third kappa shape index (κ3) is 2.63. The van der Waals surface area contributed by atoms with Gasteiger partial charge in [0.05, 0.1) is 5.52 Å². The molecule has 1 unspecified atom stereocenters. The smallest absolute Gasteiger partial charge is 0.106 e. The zero-order valence-electron chi connectivity index (χ0n) is 10.4. The molecule has 0 amide bonds. The number of aliphatic hydroxyl groups is 1. The first-order chi connectivity index (χ1) is 9.63. The summed E-state index contributed by atoms with van der Waals surface area (Å²) in [6.45, 7) is 0. The second-order valence-corrected chi connectivity index (χ2v) is 5.44. The fourth-order valence-corrected chi connectivity index (χ4v) is 2.71. The van der Waals surface area contributed by atoms with Crippen LogP contribution >= 0.6 is 23.2 Å². The van der Waals surface area contributed by atoms with Crippen molar-refractivity contribution in [1.82, 2.24) is 4.98 Å². The third-order valence-electron chi connectivity index (χ3n) is 3.13. The van der Waals surface area contributed by atoms with Gasteiger partial charge in [-0.2, -0.15) is 0 Å². The van der Waals surface area contributed by atoms with E-state index in [1.807, 2.05) is 30.3 Å². The minimum Gasteiger partial charge on any atom is -0.384 e. The van der Waals surface area contributed by atoms with E-state index in [-0.39, 0.29) is 0 Å². The Balaban J connectivity index is 2.05. The van der Waals surface area contributed by atoms with E-state index in [1.54, 1.807) is 24.4 Å². The second kappa shape index (κ2) is 5.41. The van der Waals surface area contributed by atoms with Crippen LogP contribution in [0.15, 0.2) is 54.7 Å². The highest BCUT2D eigenvalue weighted by molar-refractivity contribution is 6.34. The highest BCUT2D eigenvalue weighted by Crippen LogP contribution is 2.28. The first-order valence-electron chi connectivity index (χ1n) is 6.12. The molecule has 0 saturated heterocycles. The normalized spacial score (nSPS) is 12.6. The fourth-order valence-electron chi connectivity index (χ4n) is 2.16. The molecule has 2 aromatic carbocycles. The molecule has 0 bridgehead atoms. The van der Waals surface area contributed by atoms with Crippen molar-refractivity contribution in [2.24, 2.45) is 0 Å². The molecule has 3 aromatic rings. The van der Waals surface area contributed by atoms with E-state index in [2.05, 4.69) is 4.98 Å². The van der Waals surface area contributed by atoms with Crippen LogP contribution in [0.5, 0.6) is 0 Å². The molecule has 0 aliphatic rings. The zero-order chi connectivity index (χ0) is 14.1. The molecule has 1 aromatic heterocycles. The van der Waals surface area contributed by atoms with E-state index in [0.29, 0.717) is 21.2 Å². The summed E-state index contributed by atoms with van der Waals surface area (Å²) in [5.74, 6) is 0. The molecule has 1 heterocycles. The topological polar surface area (TPSA) is 33.1 Å². The number of pyridine rings is 1. The van der Waals surface area contributed by atoms with Crippen molar-refractivity contribution in [1.29, 1.82) is 0 Å². The highest BCUT2D eigenvalue weighted by atomic mass is 35.5. The van der Waals surface area contributed by atoms with Gasteiger partial charge < -0.3 is 5.11 Å². The lowest BCUT2D eigenvalue weighted by molar-refractivity contribution is 0.220. The van der Waals surface area contributed by atoms with Crippen LogP contribution in [-0.4, -0.2) is 10.1 Å². The van der Waals surface area contributed by atoms with Gasteiger partial charge in [0.25, 0.3) is 0 Å². The Morgan fingerprint density at radius 3 is 2.35 bits per heavy atom. The lowest BCUT2D eigenvalue weighted by Gasteiger charge is -2.12. The quantitative estimate of drug-likeness (QED) is 0.749. The number of para-hydroxylation sites is 1. The minimum absolute atomic E-state index is 0.500. The lowest BCUT2D eigenvalue weighted by Crippen LogP contribution is -2.00. The monoisotopic (exact) mass is 303 g/mol. The van der Waals surface area contributed by atoms with Gasteiger partial charge in [0.1, 0.15) is 6.10 Å². The van der Waals surface area contributed by atoms with Crippen molar-refractivity contribution in [2.75, 3.05) is 0 Å². The van der Waals surface area contributed by atoms with E-state index < -0.39 is 6.10 Å². The van der Waals surface area contributed by atoms with Gasteiger partial charge in [-0.3, -0.25) is 4.98 Å². The van der Waals surface area contributed by atoms with Crippen molar-refractivity contribution < 1.29 is 5.11 Å². The first kappa shape index (κ1) is 13.4. The van der Waals surface area contributed by atoms with Gasteiger partial charge in [-0.1, -0.05) is 41.4 Å². The largest absolute Gasteiger partial charge is 0.384 e. The van der Waals surface area contributed by atoms with Crippen molar-refractivity contribution in [3.05, 3.63) is 75.9 Å². The number of fused-ring (bicyclic) bond motifs is 1. The van der Waals surface area contributed by atoms with Crippen LogP contribution in [0.1, 0.15) is 17.2 Å². The molecule has 2 nitrogen and oxygen atoms in total. The molecule has 100 valence electrons. The lowest BCUT2D eigenvalue weighted by atomic mass is 10.0. The maximum Gasteiger partial charge on any atom is 0.106 e. The maximum absolute atomic E-state index is 10.4. The van der Waals surface area contributed by atoms with E-state index in [0.717, 1.165) is 10.9 Å². The average Bonchev–Trinajstić information content (AvgIpc) is 2.45. The minimum atomic E-state index is -0.802. The molecule has 4 heteroatoms. The number of halogens is 2. The SMILES string of the molecule is OC(c1cc(Cl)cc(Cl)c1)c1cnc2ccccc2c1.